The average Bonchev–Trinajstić information content (AvgIpc) is 3.21. The molecule has 0 saturated carbocycles. The van der Waals surface area contributed by atoms with Crippen LogP contribution in [0.3, 0.4) is 0 Å². The fraction of sp³-hybridized carbons (Fsp3) is 0.429. The molecule has 1 atom stereocenters. The summed E-state index contributed by atoms with van der Waals surface area (Å²) in [6.07, 6.45) is 3.08. The Morgan fingerprint density at radius 2 is 2.21 bits per heavy atom. The molecule has 0 N–H and O–H groups in total. The largest absolute Gasteiger partial charge is 0.493 e. The molecule has 1 aromatic carbocycles. The summed E-state index contributed by atoms with van der Waals surface area (Å²) in [7, 11) is 1.57. The number of nitrogens with zero attached hydrogens (tertiary/aromatic N) is 3. The van der Waals surface area contributed by atoms with Gasteiger partial charge in [-0.2, -0.15) is 0 Å². The Bertz CT molecular complexity index is 907. The van der Waals surface area contributed by atoms with Gasteiger partial charge in [-0.3, -0.25) is 4.79 Å². The fourth-order valence-corrected chi connectivity index (χ4v) is 3.89. The van der Waals surface area contributed by atoms with Crippen LogP contribution in [0.2, 0.25) is 5.15 Å². The molecule has 0 radical (unpaired) electrons. The molecular formula is C21H24ClN3O4. The first kappa shape index (κ1) is 19.6. The highest BCUT2D eigenvalue weighted by molar-refractivity contribution is 6.30. The van der Waals surface area contributed by atoms with Crippen LogP contribution in [0.25, 0.3) is 0 Å². The van der Waals surface area contributed by atoms with E-state index in [-0.39, 0.29) is 12.0 Å². The number of likely N-dealkylation sites (tertiary alicyclic amines) is 1. The van der Waals surface area contributed by atoms with Crippen molar-refractivity contribution < 1.29 is 19.0 Å². The summed E-state index contributed by atoms with van der Waals surface area (Å²) < 4.78 is 17.3. The Labute approximate surface area is 175 Å². The molecule has 2 aliphatic heterocycles. The first-order valence-corrected chi connectivity index (χ1v) is 10.1. The molecule has 4 rings (SSSR count). The molecule has 1 saturated heterocycles. The van der Waals surface area contributed by atoms with Gasteiger partial charge < -0.3 is 24.0 Å². The summed E-state index contributed by atoms with van der Waals surface area (Å²) in [5.74, 6) is 2.23. The number of rotatable bonds is 5. The van der Waals surface area contributed by atoms with Crippen molar-refractivity contribution in [1.29, 1.82) is 0 Å². The highest BCUT2D eigenvalue weighted by Gasteiger charge is 2.28. The van der Waals surface area contributed by atoms with Crippen molar-refractivity contribution in [1.82, 2.24) is 9.88 Å². The maximum absolute atomic E-state index is 11.9. The number of anilines is 2. The molecule has 154 valence electrons. The molecule has 0 unspecified atom stereocenters. The number of pyridine rings is 1. The van der Waals surface area contributed by atoms with Gasteiger partial charge in [-0.1, -0.05) is 18.5 Å². The normalized spacial score (nSPS) is 18.2. The van der Waals surface area contributed by atoms with Crippen LogP contribution in [0.1, 0.15) is 19.8 Å². The maximum atomic E-state index is 11.9. The molecule has 0 spiro atoms. The standard InChI is InChI=1S/C21H24ClN3O4/c1-3-20(26)24-7-6-16(13-24)29-15-4-5-18-17(11-15)25(8-9-28-18)14-10-19(27-2)21(22)23-12-14/h4-5,10-12,16H,3,6-9,13H2,1-2H3/t16-/m0/s1. The molecule has 1 aromatic heterocycles. The number of ether oxygens (including phenoxy) is 3. The molecule has 1 amide bonds. The summed E-state index contributed by atoms with van der Waals surface area (Å²) in [5.41, 5.74) is 1.77. The van der Waals surface area contributed by atoms with E-state index in [2.05, 4.69) is 9.88 Å². The predicted molar refractivity (Wildman–Crippen MR) is 111 cm³/mol. The molecule has 0 aliphatic carbocycles. The van der Waals surface area contributed by atoms with Crippen LogP contribution >= 0.6 is 11.6 Å². The molecule has 3 heterocycles. The second-order valence-corrected chi connectivity index (χ2v) is 7.40. The molecule has 2 aromatic rings. The van der Waals surface area contributed by atoms with Crippen molar-refractivity contribution in [3.63, 3.8) is 0 Å². The monoisotopic (exact) mass is 417 g/mol. The SMILES string of the molecule is CCC(=O)N1CC[C@H](Oc2ccc3c(c2)N(c2cnc(Cl)c(OC)c2)CCO3)C1. The van der Waals surface area contributed by atoms with Gasteiger partial charge in [-0.15, -0.1) is 0 Å². The number of carbonyl (C=O) groups is 1. The van der Waals surface area contributed by atoms with Crippen molar-refractivity contribution in [2.24, 2.45) is 0 Å². The number of fused-ring (bicyclic) bond motifs is 1. The summed E-state index contributed by atoms with van der Waals surface area (Å²) in [5, 5.41) is 0.328. The first-order chi connectivity index (χ1) is 14.1. The van der Waals surface area contributed by atoms with Crippen molar-refractivity contribution in [3.8, 4) is 17.2 Å². The number of amides is 1. The van der Waals surface area contributed by atoms with Gasteiger partial charge in [0.1, 0.15) is 24.2 Å². The van der Waals surface area contributed by atoms with E-state index in [1.807, 2.05) is 36.1 Å². The van der Waals surface area contributed by atoms with Crippen LogP contribution in [0.4, 0.5) is 11.4 Å². The van der Waals surface area contributed by atoms with Crippen LogP contribution in [-0.2, 0) is 4.79 Å². The smallest absolute Gasteiger partial charge is 0.222 e. The zero-order valence-electron chi connectivity index (χ0n) is 16.6. The van der Waals surface area contributed by atoms with Crippen molar-refractivity contribution in [2.45, 2.75) is 25.9 Å². The number of carbonyl (C=O) groups excluding carboxylic acids is 1. The highest BCUT2D eigenvalue weighted by Crippen LogP contribution is 2.40. The predicted octanol–water partition coefficient (Wildman–Crippen LogP) is 3.66. The third-order valence-corrected chi connectivity index (χ3v) is 5.50. The van der Waals surface area contributed by atoms with Crippen molar-refractivity contribution in [2.75, 3.05) is 38.3 Å². The maximum Gasteiger partial charge on any atom is 0.222 e. The van der Waals surface area contributed by atoms with E-state index in [1.165, 1.54) is 0 Å². The number of hydrogen-bond donors (Lipinski definition) is 0. The van der Waals surface area contributed by atoms with Crippen LogP contribution in [0.15, 0.2) is 30.5 Å². The van der Waals surface area contributed by atoms with E-state index in [4.69, 9.17) is 25.8 Å². The Hall–Kier alpha value is -2.67. The second-order valence-electron chi connectivity index (χ2n) is 7.04. The van der Waals surface area contributed by atoms with Gasteiger partial charge in [-0.05, 0) is 12.1 Å². The van der Waals surface area contributed by atoms with E-state index in [0.29, 0.717) is 37.0 Å². The molecule has 29 heavy (non-hydrogen) atoms. The minimum absolute atomic E-state index is 0.00111. The summed E-state index contributed by atoms with van der Waals surface area (Å²) >= 11 is 6.07. The van der Waals surface area contributed by atoms with Crippen LogP contribution in [0.5, 0.6) is 17.2 Å². The van der Waals surface area contributed by atoms with Gasteiger partial charge >= 0.3 is 0 Å². The fourth-order valence-electron chi connectivity index (χ4n) is 3.71. The minimum Gasteiger partial charge on any atom is -0.493 e. The molecule has 8 heteroatoms. The Morgan fingerprint density at radius 3 is 3.00 bits per heavy atom. The highest BCUT2D eigenvalue weighted by atomic mass is 35.5. The topological polar surface area (TPSA) is 64.1 Å². The van der Waals surface area contributed by atoms with Gasteiger partial charge in [0.15, 0.2) is 10.9 Å². The summed E-state index contributed by atoms with van der Waals surface area (Å²) in [4.78, 5) is 20.1. The van der Waals surface area contributed by atoms with Crippen molar-refractivity contribution >= 4 is 28.9 Å². The summed E-state index contributed by atoms with van der Waals surface area (Å²) in [6.45, 7) is 4.49. The lowest BCUT2D eigenvalue weighted by Crippen LogP contribution is -2.30. The zero-order valence-corrected chi connectivity index (χ0v) is 17.3. The number of aromatic nitrogens is 1. The molecule has 0 bridgehead atoms. The molecular weight excluding hydrogens is 394 g/mol. The van der Waals surface area contributed by atoms with E-state index >= 15 is 0 Å². The molecule has 1 fully saturated rings. The number of halogens is 1. The Morgan fingerprint density at radius 1 is 1.34 bits per heavy atom. The third kappa shape index (κ3) is 4.05. The van der Waals surface area contributed by atoms with E-state index < -0.39 is 0 Å². The zero-order chi connectivity index (χ0) is 20.4. The van der Waals surface area contributed by atoms with Gasteiger partial charge in [0, 0.05) is 31.5 Å². The van der Waals surface area contributed by atoms with Crippen LogP contribution < -0.4 is 19.1 Å². The van der Waals surface area contributed by atoms with Crippen LogP contribution in [-0.4, -0.2) is 55.2 Å². The lowest BCUT2D eigenvalue weighted by molar-refractivity contribution is -0.130. The van der Waals surface area contributed by atoms with Crippen LogP contribution in [0, 0.1) is 0 Å². The minimum atomic E-state index is -0.00111. The quantitative estimate of drug-likeness (QED) is 0.692. The van der Waals surface area contributed by atoms with Gasteiger partial charge in [0.2, 0.25) is 5.91 Å². The Kier molecular flexibility index (Phi) is 5.67. The lowest BCUT2D eigenvalue weighted by Gasteiger charge is -2.31. The first-order valence-electron chi connectivity index (χ1n) is 9.77. The number of hydrogen-bond acceptors (Lipinski definition) is 6. The molecule has 2 aliphatic rings. The van der Waals surface area contributed by atoms with Gasteiger partial charge in [0.05, 0.1) is 37.8 Å². The molecule has 7 nitrogen and oxygen atoms in total. The van der Waals surface area contributed by atoms with Gasteiger partial charge in [-0.25, -0.2) is 4.98 Å². The van der Waals surface area contributed by atoms with Gasteiger partial charge in [0.25, 0.3) is 0 Å². The van der Waals surface area contributed by atoms with Crippen molar-refractivity contribution in [3.05, 3.63) is 35.6 Å². The Balaban J connectivity index is 1.55. The number of benzene rings is 1. The second kappa shape index (κ2) is 8.37. The lowest BCUT2D eigenvalue weighted by atomic mass is 10.2. The summed E-state index contributed by atoms with van der Waals surface area (Å²) in [6, 6.07) is 7.66. The number of methoxy groups -OCH3 is 1. The van der Waals surface area contributed by atoms with E-state index in [9.17, 15) is 4.79 Å². The average molecular weight is 418 g/mol. The van der Waals surface area contributed by atoms with E-state index in [1.54, 1.807) is 13.3 Å². The third-order valence-electron chi connectivity index (χ3n) is 5.22. The van der Waals surface area contributed by atoms with E-state index in [0.717, 1.165) is 35.8 Å².